The molecule has 0 aliphatic carbocycles. The van der Waals surface area contributed by atoms with Gasteiger partial charge in [0.25, 0.3) is 5.91 Å². The van der Waals surface area contributed by atoms with Crippen LogP contribution in [-0.4, -0.2) is 29.8 Å². The SMILES string of the molecule is COc1cc(/C=C2/C(=O)N(c3ccccc3)N=C2C)cc(Cl)c1OCc1cccc(C(=O)O)c1. The molecule has 1 aliphatic rings. The maximum atomic E-state index is 13.0. The first-order chi connectivity index (χ1) is 16.4. The zero-order chi connectivity index (χ0) is 24.2. The predicted octanol–water partition coefficient (Wildman–Crippen LogP) is 5.43. The van der Waals surface area contributed by atoms with Crippen LogP contribution in [0, 0.1) is 0 Å². The van der Waals surface area contributed by atoms with Crippen molar-refractivity contribution in [2.24, 2.45) is 5.10 Å². The summed E-state index contributed by atoms with van der Waals surface area (Å²) in [5.41, 5.74) is 3.21. The van der Waals surface area contributed by atoms with E-state index < -0.39 is 5.97 Å². The fourth-order valence-electron chi connectivity index (χ4n) is 3.51. The summed E-state index contributed by atoms with van der Waals surface area (Å²) in [4.78, 5) is 24.2. The summed E-state index contributed by atoms with van der Waals surface area (Å²) in [7, 11) is 1.49. The van der Waals surface area contributed by atoms with Crippen molar-refractivity contribution in [2.75, 3.05) is 12.1 Å². The first-order valence-corrected chi connectivity index (χ1v) is 10.7. The van der Waals surface area contributed by atoms with E-state index in [9.17, 15) is 9.59 Å². The van der Waals surface area contributed by atoms with Crippen LogP contribution in [0.3, 0.4) is 0 Å². The van der Waals surface area contributed by atoms with Gasteiger partial charge in [-0.2, -0.15) is 10.1 Å². The minimum absolute atomic E-state index is 0.105. The van der Waals surface area contributed by atoms with E-state index in [2.05, 4.69) is 5.10 Å². The quantitative estimate of drug-likeness (QED) is 0.459. The number of rotatable bonds is 7. The molecule has 7 nitrogen and oxygen atoms in total. The molecule has 1 amide bonds. The van der Waals surface area contributed by atoms with Crippen molar-refractivity contribution in [3.05, 3.63) is 94.0 Å². The minimum atomic E-state index is -1.01. The van der Waals surface area contributed by atoms with Crippen LogP contribution in [0.4, 0.5) is 5.69 Å². The molecule has 0 fully saturated rings. The van der Waals surface area contributed by atoms with Crippen molar-refractivity contribution in [1.29, 1.82) is 0 Å². The van der Waals surface area contributed by atoms with Crippen molar-refractivity contribution < 1.29 is 24.2 Å². The Kier molecular flexibility index (Phi) is 6.65. The minimum Gasteiger partial charge on any atom is -0.493 e. The molecule has 0 bridgehead atoms. The maximum absolute atomic E-state index is 13.0. The molecular weight excluding hydrogens is 456 g/mol. The molecule has 0 radical (unpaired) electrons. The Hall–Kier alpha value is -4.10. The largest absolute Gasteiger partial charge is 0.493 e. The van der Waals surface area contributed by atoms with Gasteiger partial charge in [-0.1, -0.05) is 41.9 Å². The van der Waals surface area contributed by atoms with Gasteiger partial charge in [0.2, 0.25) is 0 Å². The first kappa shape index (κ1) is 23.1. The third kappa shape index (κ3) is 4.79. The number of hydrogen-bond donors (Lipinski definition) is 1. The van der Waals surface area contributed by atoms with Crippen LogP contribution < -0.4 is 14.5 Å². The number of carboxylic acids is 1. The van der Waals surface area contributed by atoms with Gasteiger partial charge >= 0.3 is 5.97 Å². The van der Waals surface area contributed by atoms with Crippen LogP contribution in [0.1, 0.15) is 28.4 Å². The van der Waals surface area contributed by atoms with Gasteiger partial charge in [-0.3, -0.25) is 4.79 Å². The zero-order valence-corrected chi connectivity index (χ0v) is 19.2. The number of benzene rings is 3. The summed E-state index contributed by atoms with van der Waals surface area (Å²) >= 11 is 6.49. The third-order valence-corrected chi connectivity index (χ3v) is 5.46. The zero-order valence-electron chi connectivity index (χ0n) is 18.5. The molecule has 0 aromatic heterocycles. The number of carbonyl (C=O) groups is 2. The molecule has 1 heterocycles. The molecule has 172 valence electrons. The summed E-state index contributed by atoms with van der Waals surface area (Å²) in [5, 5.41) is 15.2. The molecule has 0 saturated heterocycles. The van der Waals surface area contributed by atoms with Gasteiger partial charge in [0, 0.05) is 0 Å². The number of ether oxygens (including phenoxy) is 2. The Bertz CT molecular complexity index is 1320. The highest BCUT2D eigenvalue weighted by molar-refractivity contribution is 6.33. The van der Waals surface area contributed by atoms with Gasteiger partial charge in [-0.15, -0.1) is 0 Å². The van der Waals surface area contributed by atoms with Crippen molar-refractivity contribution in [2.45, 2.75) is 13.5 Å². The number of aromatic carboxylic acids is 1. The van der Waals surface area contributed by atoms with Crippen molar-refractivity contribution in [3.63, 3.8) is 0 Å². The lowest BCUT2D eigenvalue weighted by atomic mass is 10.1. The second-order valence-corrected chi connectivity index (χ2v) is 7.93. The summed E-state index contributed by atoms with van der Waals surface area (Å²) < 4.78 is 11.3. The summed E-state index contributed by atoms with van der Waals surface area (Å²) in [6.07, 6.45) is 1.71. The highest BCUT2D eigenvalue weighted by Crippen LogP contribution is 2.38. The molecule has 34 heavy (non-hydrogen) atoms. The summed E-state index contributed by atoms with van der Waals surface area (Å²) in [6, 6.07) is 19.0. The lowest BCUT2D eigenvalue weighted by molar-refractivity contribution is -0.114. The lowest BCUT2D eigenvalue weighted by Crippen LogP contribution is -2.21. The summed E-state index contributed by atoms with van der Waals surface area (Å²) in [6.45, 7) is 1.88. The molecule has 4 rings (SSSR count). The molecule has 0 unspecified atom stereocenters. The van der Waals surface area contributed by atoms with E-state index in [0.29, 0.717) is 44.6 Å². The molecule has 1 aliphatic heterocycles. The highest BCUT2D eigenvalue weighted by Gasteiger charge is 2.28. The lowest BCUT2D eigenvalue weighted by Gasteiger charge is -2.14. The van der Waals surface area contributed by atoms with Crippen LogP contribution in [0.25, 0.3) is 6.08 Å². The van der Waals surface area contributed by atoms with Crippen LogP contribution in [-0.2, 0) is 11.4 Å². The number of carboxylic acid groups (broad SMARTS) is 1. The average Bonchev–Trinajstić information content (AvgIpc) is 3.12. The van der Waals surface area contributed by atoms with Gasteiger partial charge in [0.05, 0.1) is 34.7 Å². The summed E-state index contributed by atoms with van der Waals surface area (Å²) in [5.74, 6) is -0.548. The second kappa shape index (κ2) is 9.80. The number of hydrazone groups is 1. The van der Waals surface area contributed by atoms with Gasteiger partial charge < -0.3 is 14.6 Å². The number of halogens is 1. The Balaban J connectivity index is 1.58. The number of methoxy groups -OCH3 is 1. The molecular formula is C26H21ClN2O5. The standard InChI is InChI=1S/C26H21ClN2O5/c1-16-21(25(30)29(28-16)20-9-4-3-5-10-20)12-18-13-22(27)24(23(14-18)33-2)34-15-17-7-6-8-19(11-17)26(31)32/h3-14H,15H2,1-2H3,(H,31,32)/b21-12+. The van der Waals surface area contributed by atoms with E-state index in [-0.39, 0.29) is 18.1 Å². The number of carbonyl (C=O) groups excluding carboxylic acids is 1. The van der Waals surface area contributed by atoms with Crippen LogP contribution in [0.15, 0.2) is 77.4 Å². The van der Waals surface area contributed by atoms with E-state index in [1.807, 2.05) is 30.3 Å². The van der Waals surface area contributed by atoms with Gasteiger partial charge in [0.15, 0.2) is 11.5 Å². The molecule has 0 atom stereocenters. The predicted molar refractivity (Wildman–Crippen MR) is 131 cm³/mol. The van der Waals surface area contributed by atoms with Crippen LogP contribution in [0.5, 0.6) is 11.5 Å². The fraction of sp³-hybridized carbons (Fsp3) is 0.115. The molecule has 0 saturated carbocycles. The van der Waals surface area contributed by atoms with Gasteiger partial charge in [0.1, 0.15) is 6.61 Å². The maximum Gasteiger partial charge on any atom is 0.335 e. The fourth-order valence-corrected chi connectivity index (χ4v) is 3.78. The van der Waals surface area contributed by atoms with Crippen LogP contribution >= 0.6 is 11.6 Å². The monoisotopic (exact) mass is 476 g/mol. The Labute approximate surface area is 201 Å². The topological polar surface area (TPSA) is 88.4 Å². The molecule has 0 spiro atoms. The number of para-hydroxylation sites is 1. The first-order valence-electron chi connectivity index (χ1n) is 10.4. The molecule has 8 heteroatoms. The van der Waals surface area contributed by atoms with Gasteiger partial charge in [-0.25, -0.2) is 4.79 Å². The highest BCUT2D eigenvalue weighted by atomic mass is 35.5. The van der Waals surface area contributed by atoms with E-state index in [0.717, 1.165) is 0 Å². The normalized spacial score (nSPS) is 14.3. The Morgan fingerprint density at radius 3 is 2.59 bits per heavy atom. The Morgan fingerprint density at radius 1 is 1.12 bits per heavy atom. The van der Waals surface area contributed by atoms with E-state index in [4.69, 9.17) is 26.2 Å². The molecule has 3 aromatic carbocycles. The number of amides is 1. The molecule has 3 aromatic rings. The van der Waals surface area contributed by atoms with E-state index in [1.54, 1.807) is 37.3 Å². The van der Waals surface area contributed by atoms with Gasteiger partial charge in [-0.05, 0) is 60.5 Å². The number of hydrogen-bond acceptors (Lipinski definition) is 5. The van der Waals surface area contributed by atoms with Crippen molar-refractivity contribution in [1.82, 2.24) is 0 Å². The smallest absolute Gasteiger partial charge is 0.335 e. The van der Waals surface area contributed by atoms with Crippen molar-refractivity contribution in [3.8, 4) is 11.5 Å². The Morgan fingerprint density at radius 2 is 1.88 bits per heavy atom. The van der Waals surface area contributed by atoms with Crippen LogP contribution in [0.2, 0.25) is 5.02 Å². The number of anilines is 1. The number of nitrogens with zero attached hydrogens (tertiary/aromatic N) is 2. The van der Waals surface area contributed by atoms with Crippen molar-refractivity contribution >= 4 is 41.0 Å². The third-order valence-electron chi connectivity index (χ3n) is 5.18. The second-order valence-electron chi connectivity index (χ2n) is 7.52. The average molecular weight is 477 g/mol. The van der Waals surface area contributed by atoms with E-state index in [1.165, 1.54) is 24.3 Å². The molecule has 1 N–H and O–H groups in total. The van der Waals surface area contributed by atoms with E-state index >= 15 is 0 Å².